The van der Waals surface area contributed by atoms with E-state index in [2.05, 4.69) is 4.98 Å². The second kappa shape index (κ2) is 6.80. The number of anilines is 2. The highest BCUT2D eigenvalue weighted by molar-refractivity contribution is 6.03. The molecule has 1 aromatic heterocycles. The number of ether oxygens (including phenoxy) is 1. The van der Waals surface area contributed by atoms with Gasteiger partial charge in [-0.2, -0.15) is 0 Å². The molecule has 1 aromatic carbocycles. The lowest BCUT2D eigenvalue weighted by atomic mass is 10.1. The minimum absolute atomic E-state index is 0.142. The van der Waals surface area contributed by atoms with Gasteiger partial charge < -0.3 is 20.3 Å². The van der Waals surface area contributed by atoms with Crippen molar-refractivity contribution in [2.24, 2.45) is 0 Å². The zero-order valence-corrected chi connectivity index (χ0v) is 14.2. The van der Waals surface area contributed by atoms with E-state index in [1.54, 1.807) is 25.0 Å². The van der Waals surface area contributed by atoms with Crippen molar-refractivity contribution in [1.82, 2.24) is 9.88 Å². The number of amides is 2. The summed E-state index contributed by atoms with van der Waals surface area (Å²) >= 11 is 0. The third-order valence-corrected chi connectivity index (χ3v) is 4.28. The van der Waals surface area contributed by atoms with Crippen molar-refractivity contribution in [2.75, 3.05) is 30.8 Å². The van der Waals surface area contributed by atoms with Crippen molar-refractivity contribution >= 4 is 23.2 Å². The normalized spacial score (nSPS) is 17.5. The summed E-state index contributed by atoms with van der Waals surface area (Å²) in [4.78, 5) is 32.7. The fourth-order valence-electron chi connectivity index (χ4n) is 2.89. The fourth-order valence-corrected chi connectivity index (χ4v) is 2.89. The van der Waals surface area contributed by atoms with Crippen LogP contribution in [0.1, 0.15) is 17.4 Å². The van der Waals surface area contributed by atoms with Gasteiger partial charge in [0.2, 0.25) is 5.91 Å². The van der Waals surface area contributed by atoms with Gasteiger partial charge in [0.15, 0.2) is 0 Å². The van der Waals surface area contributed by atoms with Crippen LogP contribution in [-0.4, -0.2) is 47.9 Å². The molecule has 0 aliphatic carbocycles. The second-order valence-corrected chi connectivity index (χ2v) is 5.84. The van der Waals surface area contributed by atoms with Crippen LogP contribution in [-0.2, 0) is 4.79 Å². The van der Waals surface area contributed by atoms with Crippen molar-refractivity contribution in [2.45, 2.75) is 13.0 Å². The number of carbonyl (C=O) groups excluding carboxylic acids is 2. The van der Waals surface area contributed by atoms with Gasteiger partial charge in [-0.3, -0.25) is 14.6 Å². The van der Waals surface area contributed by atoms with Crippen molar-refractivity contribution < 1.29 is 14.3 Å². The number of nitrogen functional groups attached to an aromatic ring is 1. The van der Waals surface area contributed by atoms with E-state index in [0.29, 0.717) is 24.5 Å². The third kappa shape index (κ3) is 3.26. The molecule has 0 saturated carbocycles. The molecule has 2 aromatic rings. The number of hydrogen-bond acceptors (Lipinski definition) is 5. The Morgan fingerprint density at radius 3 is 2.80 bits per heavy atom. The molecule has 0 bridgehead atoms. The number of rotatable bonds is 3. The molecule has 3 rings (SSSR count). The highest BCUT2D eigenvalue weighted by atomic mass is 16.5. The number of benzene rings is 1. The van der Waals surface area contributed by atoms with Crippen molar-refractivity contribution in [3.8, 4) is 5.75 Å². The van der Waals surface area contributed by atoms with E-state index < -0.39 is 6.04 Å². The standard InChI is InChI=1S/C18H20N4O3/c1-12-17(23)22(14-4-3-5-15(11-14)25-2)9-8-21(12)18(24)16-10-13(19)6-7-20-16/h3-7,10-12H,8-9H2,1-2H3,(H2,19,20)/t12-/m0/s1. The second-order valence-electron chi connectivity index (χ2n) is 5.84. The number of nitrogens with zero attached hydrogens (tertiary/aromatic N) is 3. The SMILES string of the molecule is COc1cccc(N2CCN(C(=O)c3cc(N)ccn3)[C@@H](C)C2=O)c1. The number of pyridine rings is 1. The minimum atomic E-state index is -0.587. The minimum Gasteiger partial charge on any atom is -0.497 e. The number of hydrogen-bond donors (Lipinski definition) is 1. The largest absolute Gasteiger partial charge is 0.497 e. The summed E-state index contributed by atoms with van der Waals surface area (Å²) in [5.74, 6) is 0.246. The molecule has 7 heteroatoms. The maximum absolute atomic E-state index is 12.8. The van der Waals surface area contributed by atoms with Gasteiger partial charge in [-0.1, -0.05) is 6.07 Å². The van der Waals surface area contributed by atoms with Crippen LogP contribution in [0.15, 0.2) is 42.6 Å². The molecule has 1 saturated heterocycles. The molecule has 2 heterocycles. The maximum Gasteiger partial charge on any atom is 0.273 e. The Hall–Kier alpha value is -3.09. The molecule has 25 heavy (non-hydrogen) atoms. The Morgan fingerprint density at radius 2 is 2.08 bits per heavy atom. The number of methoxy groups -OCH3 is 1. The number of piperazine rings is 1. The van der Waals surface area contributed by atoms with E-state index in [1.165, 1.54) is 17.2 Å². The van der Waals surface area contributed by atoms with Crippen LogP contribution < -0.4 is 15.4 Å². The predicted octanol–water partition coefficient (Wildman–Crippen LogP) is 1.55. The Kier molecular flexibility index (Phi) is 4.56. The Bertz CT molecular complexity index is 808. The molecule has 1 aliphatic rings. The van der Waals surface area contributed by atoms with Gasteiger partial charge in [-0.25, -0.2) is 0 Å². The fraction of sp³-hybridized carbons (Fsp3) is 0.278. The summed E-state index contributed by atoms with van der Waals surface area (Å²) in [7, 11) is 1.58. The van der Waals surface area contributed by atoms with Crippen LogP contribution in [0.2, 0.25) is 0 Å². The Labute approximate surface area is 146 Å². The smallest absolute Gasteiger partial charge is 0.273 e. The van der Waals surface area contributed by atoms with Crippen LogP contribution in [0.4, 0.5) is 11.4 Å². The molecule has 130 valence electrons. The lowest BCUT2D eigenvalue weighted by Gasteiger charge is -2.39. The van der Waals surface area contributed by atoms with E-state index in [-0.39, 0.29) is 17.5 Å². The molecule has 0 unspecified atom stereocenters. The molecule has 1 aliphatic heterocycles. The van der Waals surface area contributed by atoms with Crippen LogP contribution >= 0.6 is 0 Å². The van der Waals surface area contributed by atoms with Crippen LogP contribution in [0.5, 0.6) is 5.75 Å². The summed E-state index contributed by atoms with van der Waals surface area (Å²) in [5, 5.41) is 0. The zero-order chi connectivity index (χ0) is 18.0. The van der Waals surface area contributed by atoms with Crippen molar-refractivity contribution in [3.63, 3.8) is 0 Å². The maximum atomic E-state index is 12.8. The van der Waals surface area contributed by atoms with Crippen molar-refractivity contribution in [1.29, 1.82) is 0 Å². The summed E-state index contributed by atoms with van der Waals surface area (Å²) in [6.45, 7) is 2.54. The third-order valence-electron chi connectivity index (χ3n) is 4.28. The Balaban J connectivity index is 1.80. The van der Waals surface area contributed by atoms with Crippen LogP contribution in [0.25, 0.3) is 0 Å². The highest BCUT2D eigenvalue weighted by Crippen LogP contribution is 2.25. The lowest BCUT2D eigenvalue weighted by molar-refractivity contribution is -0.124. The first kappa shape index (κ1) is 16.8. The van der Waals surface area contributed by atoms with E-state index in [9.17, 15) is 9.59 Å². The van der Waals surface area contributed by atoms with Gasteiger partial charge in [-0.05, 0) is 31.2 Å². The van der Waals surface area contributed by atoms with Gasteiger partial charge in [0.1, 0.15) is 17.5 Å². The molecule has 0 radical (unpaired) electrons. The van der Waals surface area contributed by atoms with E-state index in [0.717, 1.165) is 5.69 Å². The summed E-state index contributed by atoms with van der Waals surface area (Å²) in [6.07, 6.45) is 1.49. The summed E-state index contributed by atoms with van der Waals surface area (Å²) in [6, 6.07) is 9.87. The average molecular weight is 340 g/mol. The van der Waals surface area contributed by atoms with Gasteiger partial charge >= 0.3 is 0 Å². The molecule has 7 nitrogen and oxygen atoms in total. The first-order valence-electron chi connectivity index (χ1n) is 7.99. The number of carbonyl (C=O) groups is 2. The topological polar surface area (TPSA) is 88.8 Å². The van der Waals surface area contributed by atoms with Crippen LogP contribution in [0.3, 0.4) is 0 Å². The molecule has 2 N–H and O–H groups in total. The van der Waals surface area contributed by atoms with Crippen molar-refractivity contribution in [3.05, 3.63) is 48.3 Å². The summed E-state index contributed by atoms with van der Waals surface area (Å²) in [5.41, 5.74) is 7.18. The van der Waals surface area contributed by atoms with Gasteiger partial charge in [0.05, 0.1) is 7.11 Å². The van der Waals surface area contributed by atoms with E-state index in [1.807, 2.05) is 24.3 Å². The van der Waals surface area contributed by atoms with Gasteiger partial charge in [0, 0.05) is 36.7 Å². The number of aromatic nitrogens is 1. The average Bonchev–Trinajstić information content (AvgIpc) is 2.63. The summed E-state index contributed by atoms with van der Waals surface area (Å²) < 4.78 is 5.21. The first-order valence-corrected chi connectivity index (χ1v) is 7.99. The lowest BCUT2D eigenvalue weighted by Crippen LogP contribution is -2.57. The molecule has 1 fully saturated rings. The molecular formula is C18H20N4O3. The van der Waals surface area contributed by atoms with Gasteiger partial charge in [0.25, 0.3) is 5.91 Å². The zero-order valence-electron chi connectivity index (χ0n) is 14.2. The predicted molar refractivity (Wildman–Crippen MR) is 94.5 cm³/mol. The monoisotopic (exact) mass is 340 g/mol. The quantitative estimate of drug-likeness (QED) is 0.916. The van der Waals surface area contributed by atoms with Crippen LogP contribution in [0, 0.1) is 0 Å². The van der Waals surface area contributed by atoms with E-state index in [4.69, 9.17) is 10.5 Å². The molecular weight excluding hydrogens is 320 g/mol. The Morgan fingerprint density at radius 1 is 1.28 bits per heavy atom. The highest BCUT2D eigenvalue weighted by Gasteiger charge is 2.35. The molecule has 2 amide bonds. The number of nitrogens with two attached hydrogens (primary N) is 1. The molecule has 0 spiro atoms. The van der Waals surface area contributed by atoms with Gasteiger partial charge in [-0.15, -0.1) is 0 Å². The molecule has 1 atom stereocenters. The van der Waals surface area contributed by atoms with E-state index >= 15 is 0 Å². The first-order chi connectivity index (χ1) is 12.0.